The summed E-state index contributed by atoms with van der Waals surface area (Å²) < 4.78 is 38.7. The molecule has 2 nitrogen and oxygen atoms in total. The highest BCUT2D eigenvalue weighted by molar-refractivity contribution is 5.35. The Morgan fingerprint density at radius 1 is 0.861 bits per heavy atom. The van der Waals surface area contributed by atoms with Gasteiger partial charge in [0.05, 0.1) is 5.56 Å². The smallest absolute Gasteiger partial charge is 0.374 e. The molecular formula is C31H39F3N2. The predicted octanol–water partition coefficient (Wildman–Crippen LogP) is 7.45. The standard InChI is InChI=1S/C31H39F3N2/c1-35-18-5-4-6-24(16-19-35)29-8-3-2-7-26(29)22-27-17-21-36(30(27)25-11-12-25)20-15-23-9-13-28(14-10-23)31(32,33)34/h2-3,7-10,13-14,24,27H,4-6,11-12,15-22H2,1H3/t24?,27-/m1/s1. The summed E-state index contributed by atoms with van der Waals surface area (Å²) in [6, 6.07) is 14.9. The molecule has 3 fully saturated rings. The Labute approximate surface area is 214 Å². The highest BCUT2D eigenvalue weighted by Crippen LogP contribution is 2.43. The number of halogens is 3. The molecule has 3 aliphatic rings. The molecule has 1 unspecified atom stereocenters. The van der Waals surface area contributed by atoms with Crippen LogP contribution in [0.1, 0.15) is 73.1 Å². The van der Waals surface area contributed by atoms with Crippen molar-refractivity contribution in [3.8, 4) is 0 Å². The number of alkyl halides is 3. The van der Waals surface area contributed by atoms with Gasteiger partial charge in [0.25, 0.3) is 0 Å². The van der Waals surface area contributed by atoms with Gasteiger partial charge in [-0.05, 0) is 106 Å². The topological polar surface area (TPSA) is 6.48 Å². The van der Waals surface area contributed by atoms with Crippen molar-refractivity contribution in [2.45, 2.75) is 69.9 Å². The molecule has 0 aromatic heterocycles. The summed E-state index contributed by atoms with van der Waals surface area (Å²) in [7, 11) is 2.25. The highest BCUT2D eigenvalue weighted by Gasteiger charge is 2.34. The van der Waals surface area contributed by atoms with Gasteiger partial charge in [0, 0.05) is 24.7 Å². The Bertz CT molecular complexity index is 1050. The van der Waals surface area contributed by atoms with Gasteiger partial charge in [-0.25, -0.2) is 0 Å². The first-order valence-corrected chi connectivity index (χ1v) is 13.8. The number of benzene rings is 2. The van der Waals surface area contributed by atoms with Gasteiger partial charge >= 0.3 is 6.18 Å². The van der Waals surface area contributed by atoms with Crippen molar-refractivity contribution >= 4 is 0 Å². The first-order valence-electron chi connectivity index (χ1n) is 13.8. The van der Waals surface area contributed by atoms with E-state index in [1.54, 1.807) is 29.0 Å². The molecule has 0 bridgehead atoms. The highest BCUT2D eigenvalue weighted by atomic mass is 19.4. The zero-order valence-corrected chi connectivity index (χ0v) is 21.5. The molecule has 0 amide bonds. The fourth-order valence-corrected chi connectivity index (χ4v) is 6.31. The lowest BCUT2D eigenvalue weighted by atomic mass is 9.83. The lowest BCUT2D eigenvalue weighted by Gasteiger charge is -2.28. The Kier molecular flexibility index (Phi) is 7.76. The Morgan fingerprint density at radius 3 is 2.39 bits per heavy atom. The van der Waals surface area contributed by atoms with Crippen molar-refractivity contribution in [1.29, 1.82) is 0 Å². The molecule has 2 aliphatic heterocycles. The number of allylic oxidation sites excluding steroid dienone is 2. The van der Waals surface area contributed by atoms with Crippen LogP contribution in [0.15, 0.2) is 59.8 Å². The second-order valence-electron chi connectivity index (χ2n) is 11.1. The van der Waals surface area contributed by atoms with Gasteiger partial charge in [-0.15, -0.1) is 0 Å². The maximum atomic E-state index is 12.9. The van der Waals surface area contributed by atoms with Crippen LogP contribution in [0.3, 0.4) is 0 Å². The number of hydrogen-bond donors (Lipinski definition) is 0. The molecule has 2 saturated heterocycles. The molecule has 0 radical (unpaired) electrons. The zero-order chi connectivity index (χ0) is 25.1. The molecule has 2 aromatic rings. The third-order valence-corrected chi connectivity index (χ3v) is 8.45. The molecular weight excluding hydrogens is 457 g/mol. The van der Waals surface area contributed by atoms with Crippen LogP contribution < -0.4 is 0 Å². The van der Waals surface area contributed by atoms with Crippen LogP contribution >= 0.6 is 0 Å². The molecule has 0 N–H and O–H groups in total. The van der Waals surface area contributed by atoms with E-state index in [1.807, 2.05) is 0 Å². The van der Waals surface area contributed by atoms with Crippen molar-refractivity contribution in [1.82, 2.24) is 9.80 Å². The Hall–Kier alpha value is -2.27. The molecule has 5 heteroatoms. The predicted molar refractivity (Wildman–Crippen MR) is 140 cm³/mol. The van der Waals surface area contributed by atoms with Crippen LogP contribution in [0.4, 0.5) is 13.2 Å². The van der Waals surface area contributed by atoms with Gasteiger partial charge in [0.15, 0.2) is 0 Å². The molecule has 194 valence electrons. The van der Waals surface area contributed by atoms with Gasteiger partial charge in [-0.2, -0.15) is 13.2 Å². The third-order valence-electron chi connectivity index (χ3n) is 8.45. The molecule has 2 aromatic carbocycles. The first-order chi connectivity index (χ1) is 17.4. The third kappa shape index (κ3) is 6.16. The summed E-state index contributed by atoms with van der Waals surface area (Å²) in [5.74, 6) is 1.21. The average molecular weight is 497 g/mol. The fraction of sp³-hybridized carbons (Fsp3) is 0.548. The maximum absolute atomic E-state index is 12.9. The first kappa shape index (κ1) is 25.4. The molecule has 1 aliphatic carbocycles. The van der Waals surface area contributed by atoms with Gasteiger partial charge in [-0.3, -0.25) is 0 Å². The second kappa shape index (κ2) is 11.0. The molecule has 5 rings (SSSR count). The van der Waals surface area contributed by atoms with Crippen molar-refractivity contribution < 1.29 is 13.2 Å². The number of nitrogens with zero attached hydrogens (tertiary/aromatic N) is 2. The van der Waals surface area contributed by atoms with Crippen LogP contribution in [-0.2, 0) is 19.0 Å². The zero-order valence-electron chi connectivity index (χ0n) is 21.5. The van der Waals surface area contributed by atoms with E-state index in [4.69, 9.17) is 0 Å². The van der Waals surface area contributed by atoms with Crippen LogP contribution in [0, 0.1) is 5.92 Å². The van der Waals surface area contributed by atoms with E-state index >= 15 is 0 Å². The summed E-state index contributed by atoms with van der Waals surface area (Å²) >= 11 is 0. The normalized spacial score (nSPS) is 23.6. The van der Waals surface area contributed by atoms with Crippen LogP contribution in [0.5, 0.6) is 0 Å². The fourth-order valence-electron chi connectivity index (χ4n) is 6.31. The second-order valence-corrected chi connectivity index (χ2v) is 11.1. The average Bonchev–Trinajstić information content (AvgIpc) is 3.61. The van der Waals surface area contributed by atoms with Gasteiger partial charge in [-0.1, -0.05) is 48.4 Å². The molecule has 2 atom stereocenters. The SMILES string of the molecule is CN1CCCCC(c2ccccc2C[C@H]2CCN(CCc3ccc(C(F)(F)F)cc3)C2=C2CC2)CC1. The number of rotatable bonds is 6. The van der Waals surface area contributed by atoms with E-state index in [9.17, 15) is 13.2 Å². The molecule has 0 spiro atoms. The summed E-state index contributed by atoms with van der Waals surface area (Å²) in [5.41, 5.74) is 6.66. The van der Waals surface area contributed by atoms with E-state index in [-0.39, 0.29) is 0 Å². The summed E-state index contributed by atoms with van der Waals surface area (Å²) in [4.78, 5) is 5.02. The van der Waals surface area contributed by atoms with Crippen LogP contribution in [0.25, 0.3) is 0 Å². The molecule has 2 heterocycles. The van der Waals surface area contributed by atoms with E-state index in [0.717, 1.165) is 31.5 Å². The minimum atomic E-state index is -4.27. The van der Waals surface area contributed by atoms with E-state index in [1.165, 1.54) is 75.7 Å². The lowest BCUT2D eigenvalue weighted by molar-refractivity contribution is -0.137. The van der Waals surface area contributed by atoms with Crippen molar-refractivity contribution in [3.05, 3.63) is 82.1 Å². The molecule has 1 saturated carbocycles. The van der Waals surface area contributed by atoms with Gasteiger partial charge in [0.1, 0.15) is 0 Å². The monoisotopic (exact) mass is 496 g/mol. The number of hydrogen-bond acceptors (Lipinski definition) is 2. The quantitative estimate of drug-likeness (QED) is 0.410. The van der Waals surface area contributed by atoms with Crippen molar-refractivity contribution in [2.24, 2.45) is 5.92 Å². The van der Waals surface area contributed by atoms with E-state index in [2.05, 4.69) is 41.1 Å². The maximum Gasteiger partial charge on any atom is 0.416 e. The largest absolute Gasteiger partial charge is 0.416 e. The van der Waals surface area contributed by atoms with Crippen LogP contribution in [0.2, 0.25) is 0 Å². The van der Waals surface area contributed by atoms with E-state index in [0.29, 0.717) is 11.8 Å². The van der Waals surface area contributed by atoms with E-state index < -0.39 is 11.7 Å². The summed E-state index contributed by atoms with van der Waals surface area (Å²) in [6.45, 7) is 4.34. The van der Waals surface area contributed by atoms with Crippen molar-refractivity contribution in [3.63, 3.8) is 0 Å². The van der Waals surface area contributed by atoms with Gasteiger partial charge < -0.3 is 9.80 Å². The number of likely N-dealkylation sites (tertiary alicyclic amines) is 2. The van der Waals surface area contributed by atoms with Crippen molar-refractivity contribution in [2.75, 3.05) is 33.2 Å². The summed E-state index contributed by atoms with van der Waals surface area (Å²) in [5, 5.41) is 0. The minimum absolute atomic E-state index is 0.562. The lowest BCUT2D eigenvalue weighted by Crippen LogP contribution is -2.25. The van der Waals surface area contributed by atoms with Crippen LogP contribution in [-0.4, -0.2) is 43.0 Å². The van der Waals surface area contributed by atoms with Gasteiger partial charge in [0.2, 0.25) is 0 Å². The Morgan fingerprint density at radius 2 is 1.64 bits per heavy atom. The Balaban J connectivity index is 1.26. The molecule has 36 heavy (non-hydrogen) atoms. The summed E-state index contributed by atoms with van der Waals surface area (Å²) in [6.07, 6.45) is 6.35. The minimum Gasteiger partial charge on any atom is -0.374 e.